The first-order chi connectivity index (χ1) is 9.03. The highest BCUT2D eigenvalue weighted by Crippen LogP contribution is 2.33. The molecule has 0 unspecified atom stereocenters. The van der Waals surface area contributed by atoms with Crippen molar-refractivity contribution in [2.24, 2.45) is 5.92 Å². The smallest absolute Gasteiger partial charge is 0.240 e. The second-order valence-electron chi connectivity index (χ2n) is 5.20. The van der Waals surface area contributed by atoms with Crippen molar-refractivity contribution in [3.63, 3.8) is 0 Å². The van der Waals surface area contributed by atoms with Crippen LogP contribution in [-0.4, -0.2) is 15.0 Å². The lowest BCUT2D eigenvalue weighted by molar-refractivity contribution is 0.572. The molecule has 2 rings (SSSR count). The molecule has 0 aliphatic heterocycles. The number of anilines is 1. The number of nitrogens with one attached hydrogen (secondary N) is 1. The molecule has 1 aromatic carbocycles. The summed E-state index contributed by atoms with van der Waals surface area (Å²) >= 11 is 0. The van der Waals surface area contributed by atoms with Crippen molar-refractivity contribution in [1.82, 2.24) is 4.72 Å². The minimum absolute atomic E-state index is 0.258. The van der Waals surface area contributed by atoms with E-state index in [1.165, 1.54) is 12.8 Å². The van der Waals surface area contributed by atoms with Crippen LogP contribution in [0.2, 0.25) is 0 Å². The van der Waals surface area contributed by atoms with Crippen LogP contribution in [0.5, 0.6) is 0 Å². The Morgan fingerprint density at radius 2 is 2.11 bits per heavy atom. The van der Waals surface area contributed by atoms with E-state index in [0.29, 0.717) is 12.2 Å². The standard InChI is InChI=1S/C14H22N2O2S/c1-2-12-7-8-13(10-14(12)15)19(17,18)16-9-3-4-11-5-6-11/h7-8,10-11,16H,2-6,9,15H2,1H3. The highest BCUT2D eigenvalue weighted by Gasteiger charge is 2.21. The van der Waals surface area contributed by atoms with E-state index >= 15 is 0 Å². The van der Waals surface area contributed by atoms with Gasteiger partial charge in [0.25, 0.3) is 0 Å². The van der Waals surface area contributed by atoms with Crippen molar-refractivity contribution in [3.05, 3.63) is 23.8 Å². The summed E-state index contributed by atoms with van der Waals surface area (Å²) in [6, 6.07) is 4.95. The number of hydrogen-bond acceptors (Lipinski definition) is 3. The molecule has 0 heterocycles. The van der Waals surface area contributed by atoms with E-state index in [-0.39, 0.29) is 4.90 Å². The summed E-state index contributed by atoms with van der Waals surface area (Å²) in [4.78, 5) is 0.258. The molecule has 5 heteroatoms. The fourth-order valence-corrected chi connectivity index (χ4v) is 3.26. The van der Waals surface area contributed by atoms with Crippen molar-refractivity contribution < 1.29 is 8.42 Å². The Morgan fingerprint density at radius 1 is 1.37 bits per heavy atom. The first-order valence-electron chi connectivity index (χ1n) is 6.91. The minimum atomic E-state index is -3.42. The van der Waals surface area contributed by atoms with Crippen molar-refractivity contribution in [3.8, 4) is 0 Å². The topological polar surface area (TPSA) is 72.2 Å². The van der Waals surface area contributed by atoms with Crippen molar-refractivity contribution in [2.45, 2.75) is 43.9 Å². The predicted molar refractivity (Wildman–Crippen MR) is 77.4 cm³/mol. The minimum Gasteiger partial charge on any atom is -0.398 e. The van der Waals surface area contributed by atoms with E-state index in [1.54, 1.807) is 18.2 Å². The molecule has 0 saturated heterocycles. The molecule has 0 atom stereocenters. The van der Waals surface area contributed by atoms with Gasteiger partial charge < -0.3 is 5.73 Å². The van der Waals surface area contributed by atoms with E-state index < -0.39 is 10.0 Å². The van der Waals surface area contributed by atoms with Gasteiger partial charge in [-0.3, -0.25) is 0 Å². The maximum atomic E-state index is 12.1. The van der Waals surface area contributed by atoms with Gasteiger partial charge in [0.2, 0.25) is 10.0 Å². The molecule has 0 radical (unpaired) electrons. The zero-order valence-corrected chi connectivity index (χ0v) is 12.2. The van der Waals surface area contributed by atoms with E-state index in [2.05, 4.69) is 4.72 Å². The third-order valence-corrected chi connectivity index (χ3v) is 5.05. The van der Waals surface area contributed by atoms with Crippen LogP contribution in [0.4, 0.5) is 5.69 Å². The van der Waals surface area contributed by atoms with Crippen LogP contribution < -0.4 is 10.5 Å². The number of rotatable bonds is 7. The summed E-state index contributed by atoms with van der Waals surface area (Å²) in [7, 11) is -3.42. The molecule has 1 saturated carbocycles. The van der Waals surface area contributed by atoms with Gasteiger partial charge in [0, 0.05) is 12.2 Å². The summed E-state index contributed by atoms with van der Waals surface area (Å²) < 4.78 is 26.8. The molecule has 0 spiro atoms. The maximum Gasteiger partial charge on any atom is 0.240 e. The fraction of sp³-hybridized carbons (Fsp3) is 0.571. The molecule has 19 heavy (non-hydrogen) atoms. The van der Waals surface area contributed by atoms with Crippen LogP contribution in [0.25, 0.3) is 0 Å². The molecule has 1 aliphatic carbocycles. The van der Waals surface area contributed by atoms with E-state index in [1.807, 2.05) is 6.92 Å². The van der Waals surface area contributed by atoms with Crippen LogP contribution in [0.15, 0.2) is 23.1 Å². The second kappa shape index (κ2) is 5.92. The average Bonchev–Trinajstić information content (AvgIpc) is 3.18. The Hall–Kier alpha value is -1.07. The molecule has 1 aromatic rings. The van der Waals surface area contributed by atoms with Gasteiger partial charge in [-0.1, -0.05) is 25.8 Å². The highest BCUT2D eigenvalue weighted by atomic mass is 32.2. The monoisotopic (exact) mass is 282 g/mol. The number of benzene rings is 1. The Kier molecular flexibility index (Phi) is 4.47. The van der Waals surface area contributed by atoms with Crippen molar-refractivity contribution in [1.29, 1.82) is 0 Å². The van der Waals surface area contributed by atoms with Gasteiger partial charge in [-0.25, -0.2) is 13.1 Å². The molecule has 106 valence electrons. The first kappa shape index (κ1) is 14.3. The molecular weight excluding hydrogens is 260 g/mol. The summed E-state index contributed by atoms with van der Waals surface area (Å²) in [6.07, 6.45) is 5.45. The zero-order chi connectivity index (χ0) is 13.9. The van der Waals surface area contributed by atoms with Gasteiger partial charge in [-0.15, -0.1) is 0 Å². The predicted octanol–water partition coefficient (Wildman–Crippen LogP) is 2.30. The molecule has 0 amide bonds. The Labute approximate surface area is 115 Å². The molecule has 0 aromatic heterocycles. The molecule has 1 fully saturated rings. The summed E-state index contributed by atoms with van der Waals surface area (Å²) in [5.74, 6) is 0.837. The van der Waals surface area contributed by atoms with Gasteiger partial charge in [0.1, 0.15) is 0 Å². The van der Waals surface area contributed by atoms with Crippen LogP contribution in [-0.2, 0) is 16.4 Å². The van der Waals surface area contributed by atoms with Crippen LogP contribution in [0.1, 0.15) is 38.2 Å². The average molecular weight is 282 g/mol. The fourth-order valence-electron chi connectivity index (χ4n) is 2.15. The zero-order valence-electron chi connectivity index (χ0n) is 11.4. The Balaban J connectivity index is 1.95. The quantitative estimate of drug-likeness (QED) is 0.595. The lowest BCUT2D eigenvalue weighted by Gasteiger charge is -2.09. The van der Waals surface area contributed by atoms with Gasteiger partial charge in [-0.2, -0.15) is 0 Å². The van der Waals surface area contributed by atoms with Gasteiger partial charge in [-0.05, 0) is 42.9 Å². The SMILES string of the molecule is CCc1ccc(S(=O)(=O)NCCCC2CC2)cc1N. The second-order valence-corrected chi connectivity index (χ2v) is 6.96. The molecule has 1 aliphatic rings. The highest BCUT2D eigenvalue weighted by molar-refractivity contribution is 7.89. The van der Waals surface area contributed by atoms with Gasteiger partial charge >= 0.3 is 0 Å². The molecule has 0 bridgehead atoms. The maximum absolute atomic E-state index is 12.1. The normalized spacial score (nSPS) is 15.6. The number of nitrogen functional groups attached to an aromatic ring is 1. The van der Waals surface area contributed by atoms with E-state index in [9.17, 15) is 8.42 Å². The van der Waals surface area contributed by atoms with Crippen molar-refractivity contribution in [2.75, 3.05) is 12.3 Å². The first-order valence-corrected chi connectivity index (χ1v) is 8.39. The summed E-state index contributed by atoms with van der Waals surface area (Å²) in [6.45, 7) is 2.50. The van der Waals surface area contributed by atoms with Crippen molar-refractivity contribution >= 4 is 15.7 Å². The number of hydrogen-bond donors (Lipinski definition) is 2. The van der Waals surface area contributed by atoms with E-state index in [4.69, 9.17) is 5.73 Å². The number of sulfonamides is 1. The van der Waals surface area contributed by atoms with Crippen LogP contribution >= 0.6 is 0 Å². The molecule has 3 N–H and O–H groups in total. The third-order valence-electron chi connectivity index (χ3n) is 3.59. The Morgan fingerprint density at radius 3 is 2.68 bits per heavy atom. The third kappa shape index (κ3) is 3.94. The van der Waals surface area contributed by atoms with Gasteiger partial charge in [0.05, 0.1) is 4.90 Å². The molecule has 4 nitrogen and oxygen atoms in total. The Bertz CT molecular complexity index is 536. The summed E-state index contributed by atoms with van der Waals surface area (Å²) in [5.41, 5.74) is 7.36. The lowest BCUT2D eigenvalue weighted by Crippen LogP contribution is -2.25. The van der Waals surface area contributed by atoms with E-state index in [0.717, 1.165) is 30.7 Å². The number of nitrogens with two attached hydrogens (primary N) is 1. The van der Waals surface area contributed by atoms with Gasteiger partial charge in [0.15, 0.2) is 0 Å². The molecular formula is C14H22N2O2S. The largest absolute Gasteiger partial charge is 0.398 e. The van der Waals surface area contributed by atoms with Crippen LogP contribution in [0, 0.1) is 5.92 Å². The van der Waals surface area contributed by atoms with Crippen LogP contribution in [0.3, 0.4) is 0 Å². The summed E-state index contributed by atoms with van der Waals surface area (Å²) in [5, 5.41) is 0. The number of aryl methyl sites for hydroxylation is 1. The lowest BCUT2D eigenvalue weighted by atomic mass is 10.1.